The van der Waals surface area contributed by atoms with E-state index in [1.807, 2.05) is 25.3 Å². The van der Waals surface area contributed by atoms with Crippen LogP contribution in [0.15, 0.2) is 24.5 Å². The van der Waals surface area contributed by atoms with E-state index in [0.717, 1.165) is 30.2 Å². The van der Waals surface area contributed by atoms with Crippen LogP contribution in [0.2, 0.25) is 0 Å². The van der Waals surface area contributed by atoms with Gasteiger partial charge in [0.25, 0.3) is 0 Å². The van der Waals surface area contributed by atoms with Crippen LogP contribution < -0.4 is 11.1 Å². The SMILES string of the molecule is Cc1ncc(CNCCc2ccc(N)cn2)s1. The van der Waals surface area contributed by atoms with Crippen LogP contribution in [0.5, 0.6) is 0 Å². The third-order valence-electron chi connectivity index (χ3n) is 2.37. The fraction of sp³-hybridized carbons (Fsp3) is 0.333. The number of hydrogen-bond donors (Lipinski definition) is 2. The van der Waals surface area contributed by atoms with E-state index in [9.17, 15) is 0 Å². The molecule has 0 aliphatic heterocycles. The number of nitrogen functional groups attached to an aromatic ring is 1. The third-order valence-corrected chi connectivity index (χ3v) is 3.29. The number of nitrogens with zero attached hydrogens (tertiary/aromatic N) is 2. The Morgan fingerprint density at radius 1 is 1.29 bits per heavy atom. The van der Waals surface area contributed by atoms with E-state index in [1.165, 1.54) is 4.88 Å². The first-order chi connectivity index (χ1) is 8.24. The maximum atomic E-state index is 5.58. The van der Waals surface area contributed by atoms with Crippen LogP contribution in [0.3, 0.4) is 0 Å². The molecule has 0 unspecified atom stereocenters. The first-order valence-corrected chi connectivity index (χ1v) is 6.38. The fourth-order valence-corrected chi connectivity index (χ4v) is 2.26. The zero-order chi connectivity index (χ0) is 12.1. The highest BCUT2D eigenvalue weighted by Crippen LogP contribution is 2.10. The number of hydrogen-bond acceptors (Lipinski definition) is 5. The van der Waals surface area contributed by atoms with Crippen molar-refractivity contribution in [3.8, 4) is 0 Å². The van der Waals surface area contributed by atoms with E-state index in [1.54, 1.807) is 17.5 Å². The summed E-state index contributed by atoms with van der Waals surface area (Å²) < 4.78 is 0. The molecule has 3 N–H and O–H groups in total. The summed E-state index contributed by atoms with van der Waals surface area (Å²) in [6.07, 6.45) is 4.54. The molecule has 17 heavy (non-hydrogen) atoms. The van der Waals surface area contributed by atoms with E-state index < -0.39 is 0 Å². The standard InChI is InChI=1S/C12H16N4S/c1-9-15-8-12(17-9)7-14-5-4-11-3-2-10(13)6-16-11/h2-3,6,8,14H,4-5,7,13H2,1H3. The van der Waals surface area contributed by atoms with E-state index in [0.29, 0.717) is 5.69 Å². The van der Waals surface area contributed by atoms with Crippen molar-refractivity contribution in [2.45, 2.75) is 19.9 Å². The van der Waals surface area contributed by atoms with Gasteiger partial charge in [-0.05, 0) is 19.1 Å². The number of pyridine rings is 1. The quantitative estimate of drug-likeness (QED) is 0.791. The van der Waals surface area contributed by atoms with Gasteiger partial charge in [-0.25, -0.2) is 4.98 Å². The van der Waals surface area contributed by atoms with Gasteiger partial charge < -0.3 is 11.1 Å². The first-order valence-electron chi connectivity index (χ1n) is 5.56. The molecule has 0 aliphatic carbocycles. The Morgan fingerprint density at radius 3 is 2.82 bits per heavy atom. The molecule has 2 aromatic heterocycles. The largest absolute Gasteiger partial charge is 0.397 e. The molecule has 5 heteroatoms. The predicted molar refractivity (Wildman–Crippen MR) is 70.9 cm³/mol. The molecule has 2 heterocycles. The molecule has 0 radical (unpaired) electrons. The second kappa shape index (κ2) is 5.75. The van der Waals surface area contributed by atoms with Gasteiger partial charge in [0.2, 0.25) is 0 Å². The summed E-state index contributed by atoms with van der Waals surface area (Å²) in [6, 6.07) is 3.85. The van der Waals surface area contributed by atoms with Crippen LogP contribution in [0.25, 0.3) is 0 Å². The lowest BCUT2D eigenvalue weighted by atomic mass is 10.2. The monoisotopic (exact) mass is 248 g/mol. The van der Waals surface area contributed by atoms with Crippen molar-refractivity contribution >= 4 is 17.0 Å². The van der Waals surface area contributed by atoms with E-state index in [2.05, 4.69) is 15.3 Å². The lowest BCUT2D eigenvalue weighted by molar-refractivity contribution is 0.685. The Bertz CT molecular complexity index is 464. The Kier molecular flexibility index (Phi) is 4.06. The molecule has 0 bridgehead atoms. The number of aryl methyl sites for hydroxylation is 1. The highest BCUT2D eigenvalue weighted by molar-refractivity contribution is 7.11. The average molecular weight is 248 g/mol. The van der Waals surface area contributed by atoms with Crippen molar-refractivity contribution in [1.82, 2.24) is 15.3 Å². The Morgan fingerprint density at radius 2 is 2.18 bits per heavy atom. The second-order valence-electron chi connectivity index (χ2n) is 3.86. The number of rotatable bonds is 5. The summed E-state index contributed by atoms with van der Waals surface area (Å²) in [6.45, 7) is 3.81. The molecule has 90 valence electrons. The van der Waals surface area contributed by atoms with Gasteiger partial charge in [-0.15, -0.1) is 11.3 Å². The molecule has 0 aliphatic rings. The summed E-state index contributed by atoms with van der Waals surface area (Å²) >= 11 is 1.73. The average Bonchev–Trinajstić information content (AvgIpc) is 2.73. The summed E-state index contributed by atoms with van der Waals surface area (Å²) in [5.41, 5.74) is 7.35. The molecular formula is C12H16N4S. The normalized spacial score (nSPS) is 10.6. The molecule has 0 amide bonds. The van der Waals surface area contributed by atoms with Crippen LogP contribution in [0.1, 0.15) is 15.6 Å². The van der Waals surface area contributed by atoms with Gasteiger partial charge in [-0.3, -0.25) is 4.98 Å². The van der Waals surface area contributed by atoms with E-state index >= 15 is 0 Å². The van der Waals surface area contributed by atoms with Crippen molar-refractivity contribution in [2.24, 2.45) is 0 Å². The molecular weight excluding hydrogens is 232 g/mol. The van der Waals surface area contributed by atoms with Gasteiger partial charge >= 0.3 is 0 Å². The van der Waals surface area contributed by atoms with Gasteiger partial charge in [-0.1, -0.05) is 0 Å². The number of anilines is 1. The summed E-state index contributed by atoms with van der Waals surface area (Å²) in [5.74, 6) is 0. The van der Waals surface area contributed by atoms with Gasteiger partial charge in [-0.2, -0.15) is 0 Å². The molecule has 0 saturated carbocycles. The Hall–Kier alpha value is -1.46. The lowest BCUT2D eigenvalue weighted by Gasteiger charge is -2.02. The zero-order valence-corrected chi connectivity index (χ0v) is 10.6. The van der Waals surface area contributed by atoms with Crippen LogP contribution in [0, 0.1) is 6.92 Å². The van der Waals surface area contributed by atoms with Crippen molar-refractivity contribution in [3.05, 3.63) is 40.1 Å². The maximum absolute atomic E-state index is 5.58. The fourth-order valence-electron chi connectivity index (χ4n) is 1.50. The predicted octanol–water partition coefficient (Wildman–Crippen LogP) is 1.76. The van der Waals surface area contributed by atoms with E-state index in [4.69, 9.17) is 5.73 Å². The minimum Gasteiger partial charge on any atom is -0.397 e. The second-order valence-corrected chi connectivity index (χ2v) is 5.17. The summed E-state index contributed by atoms with van der Waals surface area (Å²) in [5, 5.41) is 4.49. The molecule has 0 aromatic carbocycles. The molecule has 2 rings (SSSR count). The summed E-state index contributed by atoms with van der Waals surface area (Å²) in [4.78, 5) is 9.74. The molecule has 0 saturated heterocycles. The van der Waals surface area contributed by atoms with Crippen molar-refractivity contribution in [1.29, 1.82) is 0 Å². The van der Waals surface area contributed by atoms with Gasteiger partial charge in [0.1, 0.15) is 0 Å². The molecule has 0 spiro atoms. The lowest BCUT2D eigenvalue weighted by Crippen LogP contribution is -2.16. The number of nitrogens with two attached hydrogens (primary N) is 1. The van der Waals surface area contributed by atoms with Gasteiger partial charge in [0.15, 0.2) is 0 Å². The Balaban J connectivity index is 1.71. The maximum Gasteiger partial charge on any atom is 0.0897 e. The molecule has 4 nitrogen and oxygen atoms in total. The van der Waals surface area contributed by atoms with Crippen LogP contribution in [-0.2, 0) is 13.0 Å². The van der Waals surface area contributed by atoms with Crippen molar-refractivity contribution in [3.63, 3.8) is 0 Å². The highest BCUT2D eigenvalue weighted by Gasteiger charge is 1.98. The number of aromatic nitrogens is 2. The zero-order valence-electron chi connectivity index (χ0n) is 9.81. The minimum atomic E-state index is 0.710. The molecule has 0 fully saturated rings. The molecule has 2 aromatic rings. The van der Waals surface area contributed by atoms with Gasteiger partial charge in [0, 0.05) is 36.3 Å². The van der Waals surface area contributed by atoms with Crippen LogP contribution in [0.4, 0.5) is 5.69 Å². The van der Waals surface area contributed by atoms with E-state index in [-0.39, 0.29) is 0 Å². The minimum absolute atomic E-state index is 0.710. The highest BCUT2D eigenvalue weighted by atomic mass is 32.1. The topological polar surface area (TPSA) is 63.8 Å². The van der Waals surface area contributed by atoms with Crippen LogP contribution in [-0.4, -0.2) is 16.5 Å². The van der Waals surface area contributed by atoms with Gasteiger partial charge in [0.05, 0.1) is 16.9 Å². The first kappa shape index (κ1) is 12.0. The van der Waals surface area contributed by atoms with Crippen molar-refractivity contribution < 1.29 is 0 Å². The smallest absolute Gasteiger partial charge is 0.0897 e. The molecule has 0 atom stereocenters. The summed E-state index contributed by atoms with van der Waals surface area (Å²) in [7, 11) is 0. The van der Waals surface area contributed by atoms with Crippen molar-refractivity contribution in [2.75, 3.05) is 12.3 Å². The Labute approximate surface area is 105 Å². The van der Waals surface area contributed by atoms with Crippen LogP contribution >= 0.6 is 11.3 Å². The third kappa shape index (κ3) is 3.80. The number of thiazole rings is 1. The number of nitrogens with one attached hydrogen (secondary N) is 1.